The van der Waals surface area contributed by atoms with E-state index in [1.807, 2.05) is 0 Å². The van der Waals surface area contributed by atoms with E-state index in [9.17, 15) is 0 Å². The molecule has 0 atom stereocenters. The third-order valence-electron chi connectivity index (χ3n) is 0. The molecule has 0 radical (unpaired) electrons. The molecular weight excluding hydrogens is 345 g/mol. The predicted molar refractivity (Wildman–Crippen MR) is 52.9 cm³/mol. The fraction of sp³-hybridized carbons (Fsp3) is 0. The van der Waals surface area contributed by atoms with Gasteiger partial charge in [-0.3, -0.25) is 16.8 Å². The molecule has 0 aromatic heterocycles. The van der Waals surface area contributed by atoms with Gasteiger partial charge in [-0.15, -0.1) is 0 Å². The van der Waals surface area contributed by atoms with E-state index in [0.29, 0.717) is 0 Å². The van der Waals surface area contributed by atoms with E-state index in [0.717, 1.165) is 0 Å². The van der Waals surface area contributed by atoms with Crippen LogP contribution in [0.15, 0.2) is 0 Å². The minimum atomic E-state index is -5.17. The van der Waals surface area contributed by atoms with Gasteiger partial charge in [0.1, 0.15) is 0 Å². The Morgan fingerprint density at radius 2 is 0.500 bits per heavy atom. The summed E-state index contributed by atoms with van der Waals surface area (Å²) in [6.45, 7) is 0. The molecule has 0 bridgehead atoms. The first-order valence-electron chi connectivity index (χ1n) is 1.33. The van der Waals surface area contributed by atoms with E-state index in [4.69, 9.17) is 35.0 Å². The topological polar surface area (TPSA) is 315 Å². The molecule has 18 heteroatoms. The van der Waals surface area contributed by atoms with Crippen LogP contribution in [0, 0.1) is 0 Å². The SMILES string of the molecule is O.O.O.O=S(=O)([O-])[O-].O=S(=O)([O-])[O-].[Mg+2].[Mg+2].[Mg+2].[OH-].[OH-]. The zero-order chi connectivity index (χ0) is 9.00. The minimum Gasteiger partial charge on any atom is -0.870 e. The number of rotatable bonds is 0. The summed E-state index contributed by atoms with van der Waals surface area (Å²) >= 11 is 0. The number of hydrogen-bond acceptors (Lipinski definition) is 10. The molecule has 0 heterocycles. The van der Waals surface area contributed by atoms with Crippen LogP contribution < -0.4 is 0 Å². The van der Waals surface area contributed by atoms with Crippen LogP contribution in [0.3, 0.4) is 0 Å². The Kier molecular flexibility index (Phi) is 126. The van der Waals surface area contributed by atoms with Crippen LogP contribution in [0.25, 0.3) is 0 Å². The molecule has 0 amide bonds. The standard InChI is InChI=1S/3Mg.2H2O4S.5H2O/c;;;2*1-5(2,3)4;;;;;/h;;;2*(H2,1,2,3,4);5*1H2/q3*+2;;;;;;;/p-6. The molecule has 0 rings (SSSR count). The van der Waals surface area contributed by atoms with Crippen molar-refractivity contribution in [2.45, 2.75) is 0 Å². The molecule has 0 aromatic rings. The quantitative estimate of drug-likeness (QED) is 0.225. The molecule has 18 heavy (non-hydrogen) atoms. The zero-order valence-corrected chi connectivity index (χ0v) is 14.5. The van der Waals surface area contributed by atoms with Crippen molar-refractivity contribution >= 4 is 90.0 Å². The van der Waals surface area contributed by atoms with Gasteiger partial charge in [-0.05, 0) is 0 Å². The van der Waals surface area contributed by atoms with Gasteiger partial charge in [0.15, 0.2) is 0 Å². The van der Waals surface area contributed by atoms with Crippen molar-refractivity contribution in [2.75, 3.05) is 0 Å². The summed E-state index contributed by atoms with van der Waals surface area (Å²) in [7, 11) is -10.3. The van der Waals surface area contributed by atoms with Crippen molar-refractivity contribution in [3.63, 3.8) is 0 Å². The zero-order valence-electron chi connectivity index (χ0n) is 8.60. The monoisotopic (exact) mass is 352 g/mol. The molecule has 0 unspecified atom stereocenters. The van der Waals surface area contributed by atoms with E-state index < -0.39 is 20.8 Å². The summed E-state index contributed by atoms with van der Waals surface area (Å²) < 4.78 is 68.2. The fourth-order valence-corrected chi connectivity index (χ4v) is 0. The second-order valence-corrected chi connectivity index (χ2v) is 2.45. The Morgan fingerprint density at radius 1 is 0.500 bits per heavy atom. The van der Waals surface area contributed by atoms with E-state index in [1.54, 1.807) is 0 Å². The average molecular weight is 353 g/mol. The molecule has 104 valence electrons. The largest absolute Gasteiger partial charge is 2.00 e. The van der Waals surface area contributed by atoms with Crippen LogP contribution in [-0.4, -0.2) is 132 Å². The molecule has 0 aliphatic carbocycles. The fourth-order valence-electron chi connectivity index (χ4n) is 0. The van der Waals surface area contributed by atoms with Crippen molar-refractivity contribution in [3.05, 3.63) is 0 Å². The maximum atomic E-state index is 8.52. The second-order valence-electron chi connectivity index (χ2n) is 0.816. The Bertz CT molecular complexity index is 217. The normalized spacial score (nSPS) is 6.44. The van der Waals surface area contributed by atoms with Crippen molar-refractivity contribution in [3.8, 4) is 0 Å². The molecule has 0 aliphatic rings. The molecule has 8 N–H and O–H groups in total. The second kappa shape index (κ2) is 31.3. The molecule has 0 aromatic carbocycles. The van der Waals surface area contributed by atoms with Gasteiger partial charge in [-0.1, -0.05) is 0 Å². The van der Waals surface area contributed by atoms with Crippen LogP contribution in [0.1, 0.15) is 0 Å². The van der Waals surface area contributed by atoms with Gasteiger partial charge in [-0.25, -0.2) is 0 Å². The minimum absolute atomic E-state index is 0. The smallest absolute Gasteiger partial charge is 0.870 e. The Labute approximate surface area is 151 Å². The molecule has 0 aliphatic heterocycles. The molecule has 13 nitrogen and oxygen atoms in total. The predicted octanol–water partition coefficient (Wildman–Crippen LogP) is -6.65. The van der Waals surface area contributed by atoms with E-state index in [1.165, 1.54) is 0 Å². The van der Waals surface area contributed by atoms with Gasteiger partial charge in [0.25, 0.3) is 0 Å². The first-order chi connectivity index (χ1) is 4.00. The molecule has 0 fully saturated rings. The van der Waals surface area contributed by atoms with Crippen LogP contribution in [0.4, 0.5) is 0 Å². The van der Waals surface area contributed by atoms with Gasteiger partial charge in [0.2, 0.25) is 0 Å². The summed E-state index contributed by atoms with van der Waals surface area (Å²) in [5.41, 5.74) is 0. The van der Waals surface area contributed by atoms with Gasteiger partial charge in [0.05, 0.1) is 0 Å². The van der Waals surface area contributed by atoms with Gasteiger partial charge < -0.3 is 45.6 Å². The molecule has 0 saturated heterocycles. The van der Waals surface area contributed by atoms with Gasteiger partial charge in [-0.2, -0.15) is 0 Å². The summed E-state index contributed by atoms with van der Waals surface area (Å²) in [6.07, 6.45) is 0. The first-order valence-corrected chi connectivity index (χ1v) is 4.00. The van der Waals surface area contributed by atoms with Crippen molar-refractivity contribution in [1.29, 1.82) is 0 Å². The van der Waals surface area contributed by atoms with Crippen LogP contribution in [-0.2, 0) is 20.8 Å². The maximum absolute atomic E-state index is 8.52. The van der Waals surface area contributed by atoms with E-state index in [2.05, 4.69) is 0 Å². The first kappa shape index (κ1) is 72.7. The summed E-state index contributed by atoms with van der Waals surface area (Å²) in [6, 6.07) is 0. The third-order valence-corrected chi connectivity index (χ3v) is 0. The van der Waals surface area contributed by atoms with Gasteiger partial charge >= 0.3 is 69.2 Å². The number of hydrogen-bond donors (Lipinski definition) is 0. The average Bonchev–Trinajstić information content (AvgIpc) is 1.12. The Morgan fingerprint density at radius 3 is 0.500 bits per heavy atom. The van der Waals surface area contributed by atoms with Crippen molar-refractivity contribution < 1.29 is 62.4 Å². The Balaban J connectivity index is -0.00000000615. The molecule has 0 spiro atoms. The molecular formula is H8Mg3O13S2. The maximum Gasteiger partial charge on any atom is 2.00 e. The Hall–Kier alpha value is 1.84. The van der Waals surface area contributed by atoms with E-state index >= 15 is 0 Å². The summed E-state index contributed by atoms with van der Waals surface area (Å²) in [4.78, 5) is 0. The third kappa shape index (κ3) is 1500. The summed E-state index contributed by atoms with van der Waals surface area (Å²) in [5, 5.41) is 0. The van der Waals surface area contributed by atoms with Crippen LogP contribution in [0.2, 0.25) is 0 Å². The van der Waals surface area contributed by atoms with Gasteiger partial charge in [0, 0.05) is 20.8 Å². The van der Waals surface area contributed by atoms with E-state index in [-0.39, 0.29) is 96.5 Å². The molecule has 0 saturated carbocycles. The van der Waals surface area contributed by atoms with Crippen LogP contribution >= 0.6 is 0 Å². The van der Waals surface area contributed by atoms with Crippen LogP contribution in [0.5, 0.6) is 0 Å². The van der Waals surface area contributed by atoms with Crippen molar-refractivity contribution in [1.82, 2.24) is 0 Å². The van der Waals surface area contributed by atoms with Crippen molar-refractivity contribution in [2.24, 2.45) is 0 Å². The summed E-state index contributed by atoms with van der Waals surface area (Å²) in [5.74, 6) is 0.